The number of nitrogens with zero attached hydrogens (tertiary/aromatic N) is 3. The minimum absolute atomic E-state index is 0.0668. The zero-order valence-corrected chi connectivity index (χ0v) is 21.7. The van der Waals surface area contributed by atoms with E-state index in [2.05, 4.69) is 42.3 Å². The van der Waals surface area contributed by atoms with Gasteiger partial charge in [0.1, 0.15) is 11.6 Å². The number of alkyl halides is 3. The molecule has 0 saturated heterocycles. The Morgan fingerprint density at radius 3 is 2.33 bits per heavy atom. The van der Waals surface area contributed by atoms with Gasteiger partial charge in [0.25, 0.3) is 5.91 Å². The number of halogens is 5. The van der Waals surface area contributed by atoms with Crippen molar-refractivity contribution in [1.82, 2.24) is 9.78 Å². The van der Waals surface area contributed by atoms with Crippen LogP contribution >= 0.6 is 31.9 Å². The third-order valence-electron chi connectivity index (χ3n) is 5.93. The van der Waals surface area contributed by atoms with Gasteiger partial charge >= 0.3 is 6.18 Å². The highest BCUT2D eigenvalue weighted by atomic mass is 79.9. The average molecular weight is 624 g/mol. The fourth-order valence-corrected chi connectivity index (χ4v) is 5.07. The summed E-state index contributed by atoms with van der Waals surface area (Å²) in [5, 5.41) is 7.24. The molecule has 0 bridgehead atoms. The third kappa shape index (κ3) is 4.81. The summed E-state index contributed by atoms with van der Waals surface area (Å²) in [5.74, 6) is -0.116. The van der Waals surface area contributed by atoms with Gasteiger partial charge in [-0.25, -0.2) is 4.68 Å². The lowest BCUT2D eigenvalue weighted by molar-refractivity contribution is -0.174. The van der Waals surface area contributed by atoms with Crippen LogP contribution in [0.1, 0.15) is 40.3 Å². The predicted octanol–water partition coefficient (Wildman–Crippen LogP) is 7.51. The standard InChI is InChI=1S/C25H19Br2F3N4O2/c26-20-12-11-18(36-20)17-13-19(25(28,29)30)34-23(31-17)21(27)22(32-34)24(35)33(16-9-5-2-6-10-16)14-15-7-3-1-4-8-15/h1-12,17,19,31H,13-14H2/t17-,19+/m0/s1. The molecule has 0 aliphatic carbocycles. The van der Waals surface area contributed by atoms with Gasteiger partial charge in [-0.3, -0.25) is 4.79 Å². The Bertz CT molecular complexity index is 1370. The van der Waals surface area contributed by atoms with Gasteiger partial charge in [-0.15, -0.1) is 0 Å². The quantitative estimate of drug-likeness (QED) is 0.250. The van der Waals surface area contributed by atoms with Crippen molar-refractivity contribution in [2.24, 2.45) is 0 Å². The van der Waals surface area contributed by atoms with E-state index in [1.807, 2.05) is 36.4 Å². The molecule has 4 aromatic rings. The third-order valence-corrected chi connectivity index (χ3v) is 7.11. The van der Waals surface area contributed by atoms with Crippen molar-refractivity contribution in [2.75, 3.05) is 10.2 Å². The summed E-state index contributed by atoms with van der Waals surface area (Å²) in [6, 6.07) is 18.8. The molecule has 0 spiro atoms. The van der Waals surface area contributed by atoms with E-state index in [1.54, 1.807) is 36.4 Å². The lowest BCUT2D eigenvalue weighted by Gasteiger charge is -2.32. The maximum Gasteiger partial charge on any atom is 0.410 e. The van der Waals surface area contributed by atoms with Crippen LogP contribution in [0.4, 0.5) is 24.7 Å². The molecule has 1 aliphatic rings. The van der Waals surface area contributed by atoms with Gasteiger partial charge in [-0.2, -0.15) is 18.3 Å². The van der Waals surface area contributed by atoms with E-state index in [0.29, 0.717) is 16.1 Å². The number of para-hydroxylation sites is 1. The van der Waals surface area contributed by atoms with Crippen LogP contribution < -0.4 is 10.2 Å². The van der Waals surface area contributed by atoms with E-state index in [4.69, 9.17) is 4.42 Å². The Morgan fingerprint density at radius 1 is 1.06 bits per heavy atom. The Morgan fingerprint density at radius 2 is 1.72 bits per heavy atom. The first-order valence-corrected chi connectivity index (χ1v) is 12.6. The first kappa shape index (κ1) is 24.6. The summed E-state index contributed by atoms with van der Waals surface area (Å²) in [7, 11) is 0. The number of hydrogen-bond acceptors (Lipinski definition) is 4. The molecule has 1 N–H and O–H groups in total. The molecule has 0 unspecified atom stereocenters. The van der Waals surface area contributed by atoms with Gasteiger partial charge in [0.05, 0.1) is 17.1 Å². The lowest BCUT2D eigenvalue weighted by atomic mass is 10.0. The molecule has 1 aliphatic heterocycles. The first-order valence-electron chi connectivity index (χ1n) is 11.0. The second kappa shape index (κ2) is 9.78. The van der Waals surface area contributed by atoms with E-state index in [1.165, 1.54) is 4.90 Å². The SMILES string of the molecule is O=C(c1nn2c(c1Br)N[C@H](c1ccc(Br)o1)C[C@@H]2C(F)(F)F)N(Cc1ccccc1)c1ccccc1. The Kier molecular flexibility index (Phi) is 6.69. The summed E-state index contributed by atoms with van der Waals surface area (Å²) in [6.45, 7) is 0.220. The van der Waals surface area contributed by atoms with Crippen molar-refractivity contribution in [3.63, 3.8) is 0 Å². The number of anilines is 2. The van der Waals surface area contributed by atoms with Crippen molar-refractivity contribution >= 4 is 49.3 Å². The molecule has 2 atom stereocenters. The average Bonchev–Trinajstić information content (AvgIpc) is 3.45. The van der Waals surface area contributed by atoms with E-state index < -0.39 is 24.2 Å². The molecule has 11 heteroatoms. The van der Waals surface area contributed by atoms with E-state index >= 15 is 0 Å². The van der Waals surface area contributed by atoms with Crippen LogP contribution in [0.15, 0.2) is 86.4 Å². The highest BCUT2D eigenvalue weighted by Gasteiger charge is 2.48. The molecule has 0 saturated carbocycles. The fraction of sp³-hybridized carbons (Fsp3) is 0.200. The topological polar surface area (TPSA) is 63.3 Å². The van der Waals surface area contributed by atoms with Crippen LogP contribution in [-0.4, -0.2) is 21.9 Å². The van der Waals surface area contributed by atoms with Crippen LogP contribution in [0, 0.1) is 0 Å². The van der Waals surface area contributed by atoms with E-state index in [-0.39, 0.29) is 29.0 Å². The maximum atomic E-state index is 14.1. The number of aromatic nitrogens is 2. The van der Waals surface area contributed by atoms with Crippen LogP contribution in [0.2, 0.25) is 0 Å². The Hall–Kier alpha value is -3.05. The van der Waals surface area contributed by atoms with Gasteiger partial charge in [-0.05, 0) is 61.7 Å². The highest BCUT2D eigenvalue weighted by molar-refractivity contribution is 9.10. The van der Waals surface area contributed by atoms with Gasteiger partial charge in [-0.1, -0.05) is 48.5 Å². The number of furan rings is 1. The molecule has 5 rings (SSSR count). The lowest BCUT2D eigenvalue weighted by Crippen LogP contribution is -2.36. The molecular weight excluding hydrogens is 605 g/mol. The number of fused-ring (bicyclic) bond motifs is 1. The molecule has 2 aromatic heterocycles. The first-order chi connectivity index (χ1) is 17.2. The number of carbonyl (C=O) groups is 1. The number of carbonyl (C=O) groups excluding carboxylic acids is 1. The van der Waals surface area contributed by atoms with Crippen LogP contribution in [0.3, 0.4) is 0 Å². The molecule has 36 heavy (non-hydrogen) atoms. The van der Waals surface area contributed by atoms with Gasteiger partial charge in [0.2, 0.25) is 0 Å². The minimum Gasteiger partial charge on any atom is -0.452 e. The second-order valence-electron chi connectivity index (χ2n) is 8.30. The van der Waals surface area contributed by atoms with E-state index in [9.17, 15) is 18.0 Å². The Labute approximate surface area is 221 Å². The molecule has 1 amide bonds. The number of rotatable bonds is 5. The number of amides is 1. The van der Waals surface area contributed by atoms with Crippen molar-refractivity contribution in [3.8, 4) is 0 Å². The van der Waals surface area contributed by atoms with Gasteiger partial charge in [0, 0.05) is 12.1 Å². The van der Waals surface area contributed by atoms with Crippen molar-refractivity contribution in [1.29, 1.82) is 0 Å². The summed E-state index contributed by atoms with van der Waals surface area (Å²) < 4.78 is 49.3. The monoisotopic (exact) mass is 622 g/mol. The molecule has 186 valence electrons. The van der Waals surface area contributed by atoms with Gasteiger partial charge in [0.15, 0.2) is 16.4 Å². The summed E-state index contributed by atoms with van der Waals surface area (Å²) in [5.41, 5.74) is 1.35. The highest BCUT2D eigenvalue weighted by Crippen LogP contribution is 2.47. The van der Waals surface area contributed by atoms with Crippen molar-refractivity contribution in [2.45, 2.75) is 31.2 Å². The second-order valence-corrected chi connectivity index (χ2v) is 9.87. The molecule has 3 heterocycles. The number of hydrogen-bond donors (Lipinski definition) is 1. The van der Waals surface area contributed by atoms with Crippen LogP contribution in [-0.2, 0) is 6.54 Å². The van der Waals surface area contributed by atoms with E-state index in [0.717, 1.165) is 10.2 Å². The molecule has 2 aromatic carbocycles. The molecule has 6 nitrogen and oxygen atoms in total. The van der Waals surface area contributed by atoms with Crippen LogP contribution in [0.25, 0.3) is 0 Å². The summed E-state index contributed by atoms with van der Waals surface area (Å²) in [6.07, 6.45) is -4.93. The largest absolute Gasteiger partial charge is 0.452 e. The number of benzene rings is 2. The predicted molar refractivity (Wildman–Crippen MR) is 136 cm³/mol. The molecule has 0 fully saturated rings. The smallest absolute Gasteiger partial charge is 0.410 e. The Balaban J connectivity index is 1.56. The van der Waals surface area contributed by atoms with Crippen molar-refractivity contribution in [3.05, 3.63) is 99.0 Å². The van der Waals surface area contributed by atoms with Gasteiger partial charge < -0.3 is 14.6 Å². The number of nitrogens with one attached hydrogen (secondary N) is 1. The molecular formula is C25H19Br2F3N4O2. The van der Waals surface area contributed by atoms with Crippen LogP contribution in [0.5, 0.6) is 0 Å². The van der Waals surface area contributed by atoms with Crippen molar-refractivity contribution < 1.29 is 22.4 Å². The normalized spacial score (nSPS) is 17.4. The maximum absolute atomic E-state index is 14.1. The minimum atomic E-state index is -4.59. The fourth-order valence-electron chi connectivity index (χ4n) is 4.21. The summed E-state index contributed by atoms with van der Waals surface area (Å²) in [4.78, 5) is 15.3. The summed E-state index contributed by atoms with van der Waals surface area (Å²) >= 11 is 6.56. The molecule has 0 radical (unpaired) electrons. The zero-order chi connectivity index (χ0) is 25.4. The zero-order valence-electron chi connectivity index (χ0n) is 18.5.